The molecule has 0 radical (unpaired) electrons. The van der Waals surface area contributed by atoms with Gasteiger partial charge in [0.2, 0.25) is 0 Å². The number of rotatable bonds is 5. The van der Waals surface area contributed by atoms with Crippen molar-refractivity contribution >= 4 is 5.82 Å². The van der Waals surface area contributed by atoms with E-state index in [0.29, 0.717) is 6.54 Å². The van der Waals surface area contributed by atoms with Crippen LogP contribution in [0.1, 0.15) is 12.8 Å². The number of aliphatic hydroxyl groups is 1. The molecule has 26 heavy (non-hydrogen) atoms. The van der Waals surface area contributed by atoms with E-state index < -0.39 is 0 Å². The van der Waals surface area contributed by atoms with Crippen LogP contribution in [0.25, 0.3) is 11.4 Å². The first-order chi connectivity index (χ1) is 12.8. The number of anilines is 1. The first kappa shape index (κ1) is 17.4. The summed E-state index contributed by atoms with van der Waals surface area (Å²) in [7, 11) is 0. The van der Waals surface area contributed by atoms with Crippen molar-refractivity contribution < 1.29 is 9.84 Å². The summed E-state index contributed by atoms with van der Waals surface area (Å²) in [4.78, 5) is 13.8. The van der Waals surface area contributed by atoms with Gasteiger partial charge in [-0.1, -0.05) is 30.3 Å². The molecule has 2 atom stereocenters. The maximum Gasteiger partial charge on any atom is 0.161 e. The molecule has 2 unspecified atom stereocenters. The van der Waals surface area contributed by atoms with E-state index in [1.54, 1.807) is 0 Å². The van der Waals surface area contributed by atoms with Gasteiger partial charge in [0.1, 0.15) is 5.82 Å². The third-order valence-electron chi connectivity index (χ3n) is 5.21. The van der Waals surface area contributed by atoms with Gasteiger partial charge in [0, 0.05) is 51.1 Å². The third-order valence-corrected chi connectivity index (χ3v) is 5.21. The number of hydrogen-bond donors (Lipinski definition) is 1. The molecule has 2 aliphatic heterocycles. The standard InChI is InChI=1S/C20H26N4O2/c25-17(18-7-4-14-26-18)15-23-10-12-24(13-11-23)19-8-9-21-20(22-19)16-5-2-1-3-6-16/h1-3,5-6,8-9,17-18,25H,4,7,10-15H2. The number of hydrogen-bond acceptors (Lipinski definition) is 6. The Labute approximate surface area is 154 Å². The fourth-order valence-electron chi connectivity index (χ4n) is 3.70. The van der Waals surface area contributed by atoms with Gasteiger partial charge < -0.3 is 14.7 Å². The fourth-order valence-corrected chi connectivity index (χ4v) is 3.70. The highest BCUT2D eigenvalue weighted by atomic mass is 16.5. The van der Waals surface area contributed by atoms with Crippen LogP contribution in [0.15, 0.2) is 42.6 Å². The Kier molecular flexibility index (Phi) is 5.43. The van der Waals surface area contributed by atoms with E-state index in [1.807, 2.05) is 42.6 Å². The van der Waals surface area contributed by atoms with Gasteiger partial charge >= 0.3 is 0 Å². The van der Waals surface area contributed by atoms with Crippen LogP contribution in [0.2, 0.25) is 0 Å². The van der Waals surface area contributed by atoms with Crippen LogP contribution in [0, 0.1) is 0 Å². The van der Waals surface area contributed by atoms with E-state index in [1.165, 1.54) is 0 Å². The lowest BCUT2D eigenvalue weighted by molar-refractivity contribution is -0.0190. The zero-order chi connectivity index (χ0) is 17.8. The number of piperazine rings is 1. The molecule has 0 spiro atoms. The van der Waals surface area contributed by atoms with Gasteiger partial charge in [-0.15, -0.1) is 0 Å². The molecule has 0 amide bonds. The molecule has 1 aromatic heterocycles. The van der Waals surface area contributed by atoms with Crippen LogP contribution in [-0.4, -0.2) is 71.5 Å². The molecular formula is C20H26N4O2. The third kappa shape index (κ3) is 4.03. The molecule has 3 heterocycles. The average molecular weight is 354 g/mol. The summed E-state index contributed by atoms with van der Waals surface area (Å²) in [6.07, 6.45) is 3.51. The zero-order valence-corrected chi connectivity index (χ0v) is 15.0. The smallest absolute Gasteiger partial charge is 0.161 e. The predicted octanol–water partition coefficient (Wildman–Crippen LogP) is 1.81. The van der Waals surface area contributed by atoms with Gasteiger partial charge in [-0.05, 0) is 18.9 Å². The molecule has 138 valence electrons. The van der Waals surface area contributed by atoms with Gasteiger partial charge in [-0.2, -0.15) is 0 Å². The SMILES string of the molecule is OC(CN1CCN(c2ccnc(-c3ccccc3)n2)CC1)C1CCCO1. The molecule has 2 saturated heterocycles. The van der Waals surface area contributed by atoms with Crippen LogP contribution >= 0.6 is 0 Å². The van der Waals surface area contributed by atoms with Gasteiger partial charge in [0.05, 0.1) is 12.2 Å². The van der Waals surface area contributed by atoms with Crippen molar-refractivity contribution in [1.82, 2.24) is 14.9 Å². The topological polar surface area (TPSA) is 61.7 Å². The molecule has 1 N–H and O–H groups in total. The summed E-state index contributed by atoms with van der Waals surface area (Å²) in [6.45, 7) is 5.14. The number of β-amino-alcohol motifs (C(OH)–C–C–N with tert-alkyl or cyclic N) is 1. The lowest BCUT2D eigenvalue weighted by Crippen LogP contribution is -2.50. The van der Waals surface area contributed by atoms with Crippen LogP contribution in [-0.2, 0) is 4.74 Å². The summed E-state index contributed by atoms with van der Waals surface area (Å²) in [5, 5.41) is 10.3. The van der Waals surface area contributed by atoms with Crippen molar-refractivity contribution in [3.8, 4) is 11.4 Å². The molecule has 0 aliphatic carbocycles. The maximum atomic E-state index is 10.3. The molecule has 0 bridgehead atoms. The highest BCUT2D eigenvalue weighted by Gasteiger charge is 2.27. The normalized spacial score (nSPS) is 22.5. The van der Waals surface area contributed by atoms with Crippen molar-refractivity contribution in [2.45, 2.75) is 25.0 Å². The highest BCUT2D eigenvalue weighted by Crippen LogP contribution is 2.20. The molecule has 2 fully saturated rings. The quantitative estimate of drug-likeness (QED) is 0.884. The molecule has 4 rings (SSSR count). The Bertz CT molecular complexity index is 698. The summed E-state index contributed by atoms with van der Waals surface area (Å²) >= 11 is 0. The molecule has 1 aromatic carbocycles. The van der Waals surface area contributed by atoms with E-state index in [4.69, 9.17) is 9.72 Å². The molecule has 6 nitrogen and oxygen atoms in total. The summed E-state index contributed by atoms with van der Waals surface area (Å²) in [6, 6.07) is 12.0. The van der Waals surface area contributed by atoms with Gasteiger partial charge in [-0.3, -0.25) is 4.90 Å². The van der Waals surface area contributed by atoms with E-state index in [-0.39, 0.29) is 12.2 Å². The number of nitrogens with zero attached hydrogens (tertiary/aromatic N) is 4. The monoisotopic (exact) mass is 354 g/mol. The minimum atomic E-state index is -0.382. The number of aliphatic hydroxyl groups excluding tert-OH is 1. The average Bonchev–Trinajstić information content (AvgIpc) is 3.24. The highest BCUT2D eigenvalue weighted by molar-refractivity contribution is 5.57. The zero-order valence-electron chi connectivity index (χ0n) is 15.0. The Morgan fingerprint density at radius 3 is 2.65 bits per heavy atom. The van der Waals surface area contributed by atoms with Crippen molar-refractivity contribution in [1.29, 1.82) is 0 Å². The predicted molar refractivity (Wildman–Crippen MR) is 101 cm³/mol. The molecular weight excluding hydrogens is 328 g/mol. The summed E-state index contributed by atoms with van der Waals surface area (Å²) < 4.78 is 5.60. The Morgan fingerprint density at radius 2 is 1.92 bits per heavy atom. The first-order valence-electron chi connectivity index (χ1n) is 9.45. The fraction of sp³-hybridized carbons (Fsp3) is 0.500. The second kappa shape index (κ2) is 8.12. The van der Waals surface area contributed by atoms with Crippen molar-refractivity contribution in [2.75, 3.05) is 44.2 Å². The number of ether oxygens (including phenoxy) is 1. The molecule has 2 aliphatic rings. The Balaban J connectivity index is 1.34. The lowest BCUT2D eigenvalue weighted by atomic mass is 10.1. The second-order valence-corrected chi connectivity index (χ2v) is 7.01. The van der Waals surface area contributed by atoms with Crippen LogP contribution in [0.5, 0.6) is 0 Å². The van der Waals surface area contributed by atoms with Gasteiger partial charge in [0.15, 0.2) is 5.82 Å². The van der Waals surface area contributed by atoms with Crippen LogP contribution < -0.4 is 4.90 Å². The van der Waals surface area contributed by atoms with Crippen LogP contribution in [0.3, 0.4) is 0 Å². The minimum absolute atomic E-state index is 0.0170. The van der Waals surface area contributed by atoms with Crippen molar-refractivity contribution in [3.63, 3.8) is 0 Å². The van der Waals surface area contributed by atoms with Crippen molar-refractivity contribution in [3.05, 3.63) is 42.6 Å². The Morgan fingerprint density at radius 1 is 1.12 bits per heavy atom. The van der Waals surface area contributed by atoms with E-state index in [2.05, 4.69) is 14.8 Å². The summed E-state index contributed by atoms with van der Waals surface area (Å²) in [5.74, 6) is 1.73. The van der Waals surface area contributed by atoms with Crippen LogP contribution in [0.4, 0.5) is 5.82 Å². The largest absolute Gasteiger partial charge is 0.389 e. The number of benzene rings is 1. The second-order valence-electron chi connectivity index (χ2n) is 7.01. The van der Waals surface area contributed by atoms with E-state index in [9.17, 15) is 5.11 Å². The van der Waals surface area contributed by atoms with Gasteiger partial charge in [0.25, 0.3) is 0 Å². The molecule has 6 heteroatoms. The van der Waals surface area contributed by atoms with Gasteiger partial charge in [-0.25, -0.2) is 9.97 Å². The minimum Gasteiger partial charge on any atom is -0.389 e. The summed E-state index contributed by atoms with van der Waals surface area (Å²) in [5.41, 5.74) is 1.03. The lowest BCUT2D eigenvalue weighted by Gasteiger charge is -2.36. The van der Waals surface area contributed by atoms with E-state index >= 15 is 0 Å². The Hall–Kier alpha value is -2.02. The molecule has 0 saturated carbocycles. The maximum absolute atomic E-state index is 10.3. The van der Waals surface area contributed by atoms with Crippen molar-refractivity contribution in [2.24, 2.45) is 0 Å². The van der Waals surface area contributed by atoms with E-state index in [0.717, 1.165) is 62.8 Å². The first-order valence-corrected chi connectivity index (χ1v) is 9.45. The molecule has 2 aromatic rings. The number of aromatic nitrogens is 2.